The zero-order valence-electron chi connectivity index (χ0n) is 11.2. The Kier molecular flexibility index (Phi) is 4.14. The molecule has 1 amide bonds. The molecule has 1 aromatic rings. The predicted octanol–water partition coefficient (Wildman–Crippen LogP) is 2.10. The second-order valence-corrected chi connectivity index (χ2v) is 4.79. The van der Waals surface area contributed by atoms with Crippen molar-refractivity contribution in [1.82, 2.24) is 10.2 Å². The Morgan fingerprint density at radius 1 is 1.47 bits per heavy atom. The monoisotopic (exact) mass is 268 g/mol. The topological polar surface area (TPSA) is 32.3 Å². The first kappa shape index (κ1) is 13.9. The molecule has 1 saturated heterocycles. The van der Waals surface area contributed by atoms with Gasteiger partial charge in [0.1, 0.15) is 17.2 Å². The molecular formula is C14H18F2N2O. The zero-order chi connectivity index (χ0) is 14.0. The van der Waals surface area contributed by atoms with Crippen molar-refractivity contribution in [3.8, 4) is 0 Å². The summed E-state index contributed by atoms with van der Waals surface area (Å²) in [5.41, 5.74) is -0.154. The molecule has 0 aliphatic carbocycles. The highest BCUT2D eigenvalue weighted by molar-refractivity contribution is 5.95. The minimum atomic E-state index is -0.794. The second kappa shape index (κ2) is 5.65. The Labute approximate surface area is 111 Å². The summed E-state index contributed by atoms with van der Waals surface area (Å²) < 4.78 is 27.8. The number of hydrogen-bond donors (Lipinski definition) is 1. The Morgan fingerprint density at radius 2 is 2.21 bits per heavy atom. The molecule has 3 nitrogen and oxygen atoms in total. The van der Waals surface area contributed by atoms with Gasteiger partial charge in [-0.3, -0.25) is 4.79 Å². The van der Waals surface area contributed by atoms with Crippen molar-refractivity contribution in [1.29, 1.82) is 0 Å². The Hall–Kier alpha value is -1.49. The molecular weight excluding hydrogens is 250 g/mol. The smallest absolute Gasteiger partial charge is 0.260 e. The van der Waals surface area contributed by atoms with E-state index in [4.69, 9.17) is 0 Å². The molecule has 5 heteroatoms. The quantitative estimate of drug-likeness (QED) is 0.910. The number of carbonyl (C=O) groups is 1. The molecule has 0 bridgehead atoms. The maximum absolute atomic E-state index is 14.0. The van der Waals surface area contributed by atoms with Gasteiger partial charge in [-0.15, -0.1) is 0 Å². The highest BCUT2D eigenvalue weighted by Gasteiger charge is 2.29. The molecule has 1 aromatic carbocycles. The van der Waals surface area contributed by atoms with Crippen molar-refractivity contribution >= 4 is 5.91 Å². The van der Waals surface area contributed by atoms with Crippen LogP contribution in [-0.2, 0) is 0 Å². The summed E-state index contributed by atoms with van der Waals surface area (Å²) in [6.45, 7) is 5.29. The first-order chi connectivity index (χ1) is 9.06. The summed E-state index contributed by atoms with van der Waals surface area (Å²) in [5.74, 6) is -2.11. The number of nitrogens with one attached hydrogen (secondary N) is 1. The molecule has 0 radical (unpaired) electrons. The van der Waals surface area contributed by atoms with E-state index in [9.17, 15) is 13.6 Å². The molecule has 1 fully saturated rings. The van der Waals surface area contributed by atoms with Crippen molar-refractivity contribution < 1.29 is 13.6 Å². The van der Waals surface area contributed by atoms with Crippen LogP contribution in [0.3, 0.4) is 0 Å². The van der Waals surface area contributed by atoms with Gasteiger partial charge in [0.15, 0.2) is 0 Å². The lowest BCUT2D eigenvalue weighted by atomic mass is 10.1. The van der Waals surface area contributed by atoms with Gasteiger partial charge in [0.25, 0.3) is 5.91 Å². The number of rotatable bonds is 3. The summed E-state index contributed by atoms with van der Waals surface area (Å²) in [6.07, 6.45) is 0.814. The zero-order valence-corrected chi connectivity index (χ0v) is 11.2. The van der Waals surface area contributed by atoms with Crippen LogP contribution in [0.25, 0.3) is 0 Å². The van der Waals surface area contributed by atoms with E-state index in [2.05, 4.69) is 5.32 Å². The molecule has 1 aliphatic rings. The highest BCUT2D eigenvalue weighted by atomic mass is 19.1. The summed E-state index contributed by atoms with van der Waals surface area (Å²) in [5, 5.41) is 3.15. The van der Waals surface area contributed by atoms with Gasteiger partial charge in [0.05, 0.1) is 0 Å². The lowest BCUT2D eigenvalue weighted by Gasteiger charge is -2.27. The van der Waals surface area contributed by atoms with Gasteiger partial charge in [-0.25, -0.2) is 8.78 Å². The largest absolute Gasteiger partial charge is 0.334 e. The molecule has 2 rings (SSSR count). The molecule has 1 unspecified atom stereocenters. The van der Waals surface area contributed by atoms with Gasteiger partial charge in [-0.2, -0.15) is 0 Å². The van der Waals surface area contributed by atoms with Gasteiger partial charge < -0.3 is 10.2 Å². The van der Waals surface area contributed by atoms with Crippen molar-refractivity contribution in [3.63, 3.8) is 0 Å². The first-order valence-electron chi connectivity index (χ1n) is 6.52. The molecule has 1 heterocycles. The Bertz CT molecular complexity index is 485. The fraction of sp³-hybridized carbons (Fsp3) is 0.500. The van der Waals surface area contributed by atoms with Crippen molar-refractivity contribution in [2.75, 3.05) is 19.6 Å². The normalized spacial score (nSPS) is 18.6. The molecule has 0 aromatic heterocycles. The van der Waals surface area contributed by atoms with Crippen LogP contribution in [-0.4, -0.2) is 36.5 Å². The van der Waals surface area contributed by atoms with Gasteiger partial charge in [0, 0.05) is 19.1 Å². The molecule has 1 N–H and O–H groups in total. The molecule has 0 spiro atoms. The number of aryl methyl sites for hydroxylation is 1. The second-order valence-electron chi connectivity index (χ2n) is 4.79. The van der Waals surface area contributed by atoms with Gasteiger partial charge in [0.2, 0.25) is 0 Å². The van der Waals surface area contributed by atoms with Crippen LogP contribution in [0.15, 0.2) is 12.1 Å². The number of benzene rings is 1. The van der Waals surface area contributed by atoms with Gasteiger partial charge in [-0.05, 0) is 38.4 Å². The minimum absolute atomic E-state index is 0.0109. The fourth-order valence-corrected chi connectivity index (χ4v) is 2.47. The van der Waals surface area contributed by atoms with Crippen LogP contribution in [0, 0.1) is 18.6 Å². The van der Waals surface area contributed by atoms with E-state index in [1.807, 2.05) is 6.92 Å². The Balaban J connectivity index is 2.34. The lowest BCUT2D eigenvalue weighted by molar-refractivity contribution is 0.0693. The van der Waals surface area contributed by atoms with Crippen LogP contribution >= 0.6 is 0 Å². The van der Waals surface area contributed by atoms with E-state index >= 15 is 0 Å². The number of amides is 1. The fourth-order valence-electron chi connectivity index (χ4n) is 2.47. The van der Waals surface area contributed by atoms with Crippen molar-refractivity contribution in [2.45, 2.75) is 26.3 Å². The highest BCUT2D eigenvalue weighted by Crippen LogP contribution is 2.20. The summed E-state index contributed by atoms with van der Waals surface area (Å²) in [7, 11) is 0. The predicted molar refractivity (Wildman–Crippen MR) is 69.1 cm³/mol. The number of likely N-dealkylation sites (N-methyl/N-ethyl adjacent to an activating group) is 1. The number of carbonyl (C=O) groups excluding carboxylic acids is 1. The van der Waals surface area contributed by atoms with Crippen LogP contribution < -0.4 is 5.32 Å². The number of halogens is 2. The molecule has 1 atom stereocenters. The minimum Gasteiger partial charge on any atom is -0.334 e. The third kappa shape index (κ3) is 2.61. The molecule has 19 heavy (non-hydrogen) atoms. The average molecular weight is 268 g/mol. The van der Waals surface area contributed by atoms with E-state index in [-0.39, 0.29) is 11.6 Å². The molecule has 0 saturated carbocycles. The lowest BCUT2D eigenvalue weighted by Crippen LogP contribution is -2.42. The van der Waals surface area contributed by atoms with Crippen molar-refractivity contribution in [2.24, 2.45) is 0 Å². The SMILES string of the molecule is CCN(C(=O)c1c(F)ccc(C)c1F)C1CCNC1. The van der Waals surface area contributed by atoms with Crippen LogP contribution in [0.1, 0.15) is 29.3 Å². The Morgan fingerprint density at radius 3 is 2.79 bits per heavy atom. The molecule has 1 aliphatic heterocycles. The van der Waals surface area contributed by atoms with E-state index in [0.29, 0.717) is 13.1 Å². The summed E-state index contributed by atoms with van der Waals surface area (Å²) in [4.78, 5) is 13.9. The van der Waals surface area contributed by atoms with E-state index < -0.39 is 23.1 Å². The maximum Gasteiger partial charge on any atom is 0.260 e. The summed E-state index contributed by atoms with van der Waals surface area (Å²) >= 11 is 0. The van der Waals surface area contributed by atoms with E-state index in [1.54, 1.807) is 4.90 Å². The van der Waals surface area contributed by atoms with Gasteiger partial charge in [-0.1, -0.05) is 6.07 Å². The number of nitrogens with zero attached hydrogens (tertiary/aromatic N) is 1. The average Bonchev–Trinajstić information content (AvgIpc) is 2.89. The van der Waals surface area contributed by atoms with Crippen LogP contribution in [0.5, 0.6) is 0 Å². The van der Waals surface area contributed by atoms with E-state index in [1.165, 1.54) is 13.0 Å². The first-order valence-corrected chi connectivity index (χ1v) is 6.52. The van der Waals surface area contributed by atoms with Gasteiger partial charge >= 0.3 is 0 Å². The number of hydrogen-bond acceptors (Lipinski definition) is 2. The van der Waals surface area contributed by atoms with Crippen LogP contribution in [0.2, 0.25) is 0 Å². The van der Waals surface area contributed by atoms with E-state index in [0.717, 1.165) is 19.0 Å². The third-order valence-corrected chi connectivity index (χ3v) is 3.57. The maximum atomic E-state index is 14.0. The third-order valence-electron chi connectivity index (χ3n) is 3.57. The summed E-state index contributed by atoms with van der Waals surface area (Å²) in [6, 6.07) is 2.50. The van der Waals surface area contributed by atoms with Crippen molar-refractivity contribution in [3.05, 3.63) is 34.9 Å². The molecule has 104 valence electrons. The van der Waals surface area contributed by atoms with Crippen LogP contribution in [0.4, 0.5) is 8.78 Å². The standard InChI is InChI=1S/C14H18F2N2O/c1-3-18(10-6-7-17-8-10)14(19)12-11(15)5-4-9(2)13(12)16/h4-5,10,17H,3,6-8H2,1-2H3.